The Hall–Kier alpha value is -1.10. The van der Waals surface area contributed by atoms with E-state index in [-0.39, 0.29) is 23.7 Å². The van der Waals surface area contributed by atoms with E-state index in [9.17, 15) is 4.79 Å². The molecule has 0 atom stereocenters. The molecule has 24 heavy (non-hydrogen) atoms. The number of hydrogen-bond donors (Lipinski definition) is 2. The molecule has 0 aliphatic carbocycles. The van der Waals surface area contributed by atoms with Gasteiger partial charge >= 0.3 is 0 Å². The number of rotatable bonds is 9. The summed E-state index contributed by atoms with van der Waals surface area (Å²) in [6.07, 6.45) is 6.76. The SMILES string of the molecule is Cl.NCCCCCCC(=O)NCC1(c2ccccc2)CCOCC1. The van der Waals surface area contributed by atoms with Crippen molar-refractivity contribution < 1.29 is 9.53 Å². The minimum atomic E-state index is 0. The van der Waals surface area contributed by atoms with Gasteiger partial charge in [-0.1, -0.05) is 43.2 Å². The van der Waals surface area contributed by atoms with Gasteiger partial charge in [0.1, 0.15) is 0 Å². The fraction of sp³-hybridized carbons (Fsp3) is 0.632. The summed E-state index contributed by atoms with van der Waals surface area (Å²) in [7, 11) is 0. The number of unbranched alkanes of at least 4 members (excludes halogenated alkanes) is 3. The maximum absolute atomic E-state index is 12.1. The van der Waals surface area contributed by atoms with Gasteiger partial charge in [-0.15, -0.1) is 12.4 Å². The van der Waals surface area contributed by atoms with Crippen molar-refractivity contribution in [2.24, 2.45) is 5.73 Å². The van der Waals surface area contributed by atoms with Crippen LogP contribution in [0.15, 0.2) is 30.3 Å². The third kappa shape index (κ3) is 6.42. The molecule has 1 saturated heterocycles. The quantitative estimate of drug-likeness (QED) is 0.669. The second kappa shape index (κ2) is 11.5. The van der Waals surface area contributed by atoms with E-state index >= 15 is 0 Å². The zero-order valence-electron chi connectivity index (χ0n) is 14.5. The van der Waals surface area contributed by atoms with Gasteiger partial charge in [0.05, 0.1) is 0 Å². The van der Waals surface area contributed by atoms with E-state index in [0.29, 0.717) is 13.0 Å². The average Bonchev–Trinajstić information content (AvgIpc) is 2.61. The third-order valence-corrected chi connectivity index (χ3v) is 4.82. The molecule has 2 rings (SSSR count). The number of carbonyl (C=O) groups excluding carboxylic acids is 1. The summed E-state index contributed by atoms with van der Waals surface area (Å²) in [6, 6.07) is 10.5. The first-order valence-electron chi connectivity index (χ1n) is 8.87. The van der Waals surface area contributed by atoms with E-state index in [4.69, 9.17) is 10.5 Å². The number of amides is 1. The van der Waals surface area contributed by atoms with E-state index in [2.05, 4.69) is 29.6 Å². The van der Waals surface area contributed by atoms with Crippen molar-refractivity contribution in [2.75, 3.05) is 26.3 Å². The third-order valence-electron chi connectivity index (χ3n) is 4.82. The number of hydrogen-bond acceptors (Lipinski definition) is 3. The number of halogens is 1. The van der Waals surface area contributed by atoms with Gasteiger partial charge in [-0.05, 0) is 37.8 Å². The molecule has 0 bridgehead atoms. The Kier molecular flexibility index (Phi) is 9.99. The minimum absolute atomic E-state index is 0. The highest BCUT2D eigenvalue weighted by atomic mass is 35.5. The zero-order chi connectivity index (χ0) is 16.4. The molecule has 0 radical (unpaired) electrons. The van der Waals surface area contributed by atoms with Crippen molar-refractivity contribution in [3.05, 3.63) is 35.9 Å². The Morgan fingerprint density at radius 3 is 2.42 bits per heavy atom. The molecule has 0 spiro atoms. The van der Waals surface area contributed by atoms with Gasteiger partial charge in [-0.25, -0.2) is 0 Å². The summed E-state index contributed by atoms with van der Waals surface area (Å²) < 4.78 is 5.53. The molecule has 1 aliphatic heterocycles. The van der Waals surface area contributed by atoms with Crippen LogP contribution in [-0.4, -0.2) is 32.2 Å². The minimum Gasteiger partial charge on any atom is -0.381 e. The number of ether oxygens (including phenoxy) is 1. The molecule has 1 aliphatic rings. The molecule has 1 amide bonds. The van der Waals surface area contributed by atoms with Crippen LogP contribution in [0.4, 0.5) is 0 Å². The first-order chi connectivity index (χ1) is 11.3. The van der Waals surface area contributed by atoms with Crippen molar-refractivity contribution in [3.8, 4) is 0 Å². The first kappa shape index (κ1) is 20.9. The van der Waals surface area contributed by atoms with E-state index in [1.165, 1.54) is 5.56 Å². The van der Waals surface area contributed by atoms with E-state index < -0.39 is 0 Å². The fourth-order valence-corrected chi connectivity index (χ4v) is 3.26. The number of nitrogens with one attached hydrogen (secondary N) is 1. The zero-order valence-corrected chi connectivity index (χ0v) is 15.3. The smallest absolute Gasteiger partial charge is 0.220 e. The average molecular weight is 355 g/mol. The van der Waals surface area contributed by atoms with Gasteiger partial charge < -0.3 is 15.8 Å². The molecule has 0 unspecified atom stereocenters. The van der Waals surface area contributed by atoms with Crippen molar-refractivity contribution >= 4 is 18.3 Å². The summed E-state index contributed by atoms with van der Waals surface area (Å²) in [5, 5.41) is 3.16. The van der Waals surface area contributed by atoms with Gasteiger partial charge in [0, 0.05) is 31.6 Å². The summed E-state index contributed by atoms with van der Waals surface area (Å²) in [5.74, 6) is 0.166. The highest BCUT2D eigenvalue weighted by Gasteiger charge is 2.34. The monoisotopic (exact) mass is 354 g/mol. The maximum Gasteiger partial charge on any atom is 0.220 e. The lowest BCUT2D eigenvalue weighted by Gasteiger charge is -2.38. The Bertz CT molecular complexity index is 462. The summed E-state index contributed by atoms with van der Waals surface area (Å²) in [6.45, 7) is 2.99. The van der Waals surface area contributed by atoms with Crippen LogP contribution in [0.5, 0.6) is 0 Å². The molecule has 1 heterocycles. The molecule has 3 N–H and O–H groups in total. The van der Waals surface area contributed by atoms with E-state index in [1.807, 2.05) is 6.07 Å². The number of nitrogens with two attached hydrogens (primary N) is 1. The molecule has 0 saturated carbocycles. The molecule has 0 aromatic heterocycles. The van der Waals surface area contributed by atoms with Crippen LogP contribution >= 0.6 is 12.4 Å². The van der Waals surface area contributed by atoms with Gasteiger partial charge in [0.25, 0.3) is 0 Å². The summed E-state index contributed by atoms with van der Waals surface area (Å²) in [5.41, 5.74) is 6.82. The fourth-order valence-electron chi connectivity index (χ4n) is 3.26. The van der Waals surface area contributed by atoms with Crippen LogP contribution in [0, 0.1) is 0 Å². The van der Waals surface area contributed by atoms with Crippen molar-refractivity contribution in [3.63, 3.8) is 0 Å². The standard InChI is InChI=1S/C19H30N2O2.ClH/c20-13-7-2-1-6-10-18(22)21-16-19(11-14-23-15-12-19)17-8-4-3-5-9-17;/h3-5,8-9H,1-2,6-7,10-16,20H2,(H,21,22);1H. The molecular weight excluding hydrogens is 324 g/mol. The first-order valence-corrected chi connectivity index (χ1v) is 8.87. The number of benzene rings is 1. The van der Waals surface area contributed by atoms with Gasteiger partial charge in [-0.3, -0.25) is 4.79 Å². The Labute approximate surface area is 151 Å². The van der Waals surface area contributed by atoms with Crippen molar-refractivity contribution in [1.29, 1.82) is 0 Å². The predicted octanol–water partition coefficient (Wildman–Crippen LogP) is 3.18. The Morgan fingerprint density at radius 1 is 1.08 bits per heavy atom. The predicted molar refractivity (Wildman–Crippen MR) is 101 cm³/mol. The number of carbonyl (C=O) groups is 1. The van der Waals surface area contributed by atoms with Crippen LogP contribution in [0.2, 0.25) is 0 Å². The van der Waals surface area contributed by atoms with E-state index in [1.54, 1.807) is 0 Å². The highest BCUT2D eigenvalue weighted by molar-refractivity contribution is 5.85. The molecule has 1 fully saturated rings. The molecule has 1 aromatic rings. The Morgan fingerprint density at radius 2 is 1.75 bits per heavy atom. The van der Waals surface area contributed by atoms with Crippen molar-refractivity contribution in [2.45, 2.75) is 50.4 Å². The van der Waals surface area contributed by atoms with Gasteiger partial charge in [0.2, 0.25) is 5.91 Å². The normalized spacial score (nSPS) is 16.2. The summed E-state index contributed by atoms with van der Waals surface area (Å²) >= 11 is 0. The summed E-state index contributed by atoms with van der Waals surface area (Å²) in [4.78, 5) is 12.1. The molecular formula is C19H31ClN2O2. The largest absolute Gasteiger partial charge is 0.381 e. The highest BCUT2D eigenvalue weighted by Crippen LogP contribution is 2.34. The topological polar surface area (TPSA) is 64.4 Å². The molecule has 5 heteroatoms. The second-order valence-electron chi connectivity index (χ2n) is 6.49. The molecule has 136 valence electrons. The van der Waals surface area contributed by atoms with Crippen LogP contribution < -0.4 is 11.1 Å². The van der Waals surface area contributed by atoms with Crippen LogP contribution in [-0.2, 0) is 14.9 Å². The van der Waals surface area contributed by atoms with Crippen LogP contribution in [0.1, 0.15) is 50.5 Å². The van der Waals surface area contributed by atoms with Gasteiger partial charge in [-0.2, -0.15) is 0 Å². The van der Waals surface area contributed by atoms with Crippen LogP contribution in [0.25, 0.3) is 0 Å². The van der Waals surface area contributed by atoms with Crippen LogP contribution in [0.3, 0.4) is 0 Å². The maximum atomic E-state index is 12.1. The van der Waals surface area contributed by atoms with Crippen molar-refractivity contribution in [1.82, 2.24) is 5.32 Å². The lowest BCUT2D eigenvalue weighted by Crippen LogP contribution is -2.44. The van der Waals surface area contributed by atoms with E-state index in [0.717, 1.165) is 58.3 Å². The molecule has 1 aromatic carbocycles. The second-order valence-corrected chi connectivity index (χ2v) is 6.49. The lowest BCUT2D eigenvalue weighted by atomic mass is 9.74. The Balaban J connectivity index is 0.00000288. The lowest BCUT2D eigenvalue weighted by molar-refractivity contribution is -0.121. The van der Waals surface area contributed by atoms with Gasteiger partial charge in [0.15, 0.2) is 0 Å². The molecule has 4 nitrogen and oxygen atoms in total.